The van der Waals surface area contributed by atoms with E-state index < -0.39 is 29.6 Å². The fourth-order valence-corrected chi connectivity index (χ4v) is 1.82. The maximum Gasteiger partial charge on any atom is 0.407 e. The highest BCUT2D eigenvalue weighted by molar-refractivity contribution is 5.80. The van der Waals surface area contributed by atoms with Crippen molar-refractivity contribution in [3.05, 3.63) is 35.9 Å². The number of alkyl carbamates (subject to hydrolysis) is 1. The van der Waals surface area contributed by atoms with Crippen LogP contribution in [0.1, 0.15) is 32.3 Å². The average molecular weight is 294 g/mol. The predicted molar refractivity (Wildman–Crippen MR) is 78.6 cm³/mol. The maximum atomic E-state index is 11.7. The Morgan fingerprint density at radius 1 is 1.29 bits per heavy atom. The molecule has 0 aliphatic carbocycles. The summed E-state index contributed by atoms with van der Waals surface area (Å²) in [7, 11) is 0. The van der Waals surface area contributed by atoms with Crippen molar-refractivity contribution in [2.45, 2.75) is 38.4 Å². The highest BCUT2D eigenvalue weighted by Crippen LogP contribution is 2.19. The van der Waals surface area contributed by atoms with Crippen LogP contribution in [0.25, 0.3) is 0 Å². The largest absolute Gasteiger partial charge is 0.444 e. The fourth-order valence-electron chi connectivity index (χ4n) is 1.82. The highest BCUT2D eigenvalue weighted by Gasteiger charge is 2.27. The molecular weight excluding hydrogens is 272 g/mol. The van der Waals surface area contributed by atoms with Crippen LogP contribution >= 0.6 is 0 Å². The normalized spacial score (nSPS) is 14.1. The summed E-state index contributed by atoms with van der Waals surface area (Å²) in [5.74, 6) is -1.47. The molecule has 0 fully saturated rings. The molecule has 0 radical (unpaired) electrons. The Balaban J connectivity index is 2.76. The van der Waals surface area contributed by atoms with Gasteiger partial charge in [-0.05, 0) is 26.3 Å². The Labute approximate surface area is 124 Å². The first-order valence-electron chi connectivity index (χ1n) is 6.70. The molecule has 0 aromatic heterocycles. The number of nitrogens with two attached hydrogens (primary N) is 1. The number of rotatable bonds is 5. The second-order valence-corrected chi connectivity index (χ2v) is 5.75. The van der Waals surface area contributed by atoms with Gasteiger partial charge < -0.3 is 20.9 Å². The van der Waals surface area contributed by atoms with Crippen LogP contribution in [-0.4, -0.2) is 35.4 Å². The van der Waals surface area contributed by atoms with Crippen LogP contribution in [0, 0.1) is 0 Å². The van der Waals surface area contributed by atoms with Gasteiger partial charge in [-0.25, -0.2) is 4.79 Å². The van der Waals surface area contributed by atoms with Gasteiger partial charge in [0.15, 0.2) is 0 Å². The van der Waals surface area contributed by atoms with Crippen molar-refractivity contribution in [3.63, 3.8) is 0 Å². The van der Waals surface area contributed by atoms with Gasteiger partial charge >= 0.3 is 6.09 Å². The monoisotopic (exact) mass is 294 g/mol. The van der Waals surface area contributed by atoms with E-state index in [0.29, 0.717) is 5.56 Å². The summed E-state index contributed by atoms with van der Waals surface area (Å²) in [5, 5.41) is 12.5. The molecule has 2 atom stereocenters. The van der Waals surface area contributed by atoms with E-state index in [4.69, 9.17) is 10.5 Å². The Kier molecular flexibility index (Phi) is 5.72. The molecule has 0 aliphatic rings. The van der Waals surface area contributed by atoms with Crippen LogP contribution in [0.2, 0.25) is 0 Å². The van der Waals surface area contributed by atoms with Crippen LogP contribution in [0.4, 0.5) is 4.79 Å². The molecule has 1 aromatic rings. The molecule has 0 spiro atoms. The first-order chi connectivity index (χ1) is 9.70. The fraction of sp³-hybridized carbons (Fsp3) is 0.467. The summed E-state index contributed by atoms with van der Waals surface area (Å²) in [6.45, 7) is 5.29. The van der Waals surface area contributed by atoms with Gasteiger partial charge in [0.2, 0.25) is 5.91 Å². The molecule has 116 valence electrons. The van der Waals surface area contributed by atoms with Gasteiger partial charge in [0.1, 0.15) is 11.7 Å². The highest BCUT2D eigenvalue weighted by atomic mass is 16.6. The van der Waals surface area contributed by atoms with Gasteiger partial charge in [-0.15, -0.1) is 0 Å². The topological polar surface area (TPSA) is 102 Å². The van der Waals surface area contributed by atoms with Gasteiger partial charge in [-0.2, -0.15) is 0 Å². The van der Waals surface area contributed by atoms with Crippen molar-refractivity contribution in [1.29, 1.82) is 0 Å². The molecule has 6 heteroatoms. The first-order valence-corrected chi connectivity index (χ1v) is 6.70. The first kappa shape index (κ1) is 17.0. The van der Waals surface area contributed by atoms with Crippen molar-refractivity contribution >= 4 is 12.0 Å². The third-order valence-electron chi connectivity index (χ3n) is 2.77. The third-order valence-corrected chi connectivity index (χ3v) is 2.77. The molecule has 0 saturated heterocycles. The smallest absolute Gasteiger partial charge is 0.407 e. The second kappa shape index (κ2) is 7.08. The minimum atomic E-state index is -1.39. The van der Waals surface area contributed by atoms with Gasteiger partial charge in [0, 0.05) is 12.5 Å². The Morgan fingerprint density at radius 3 is 2.33 bits per heavy atom. The molecule has 21 heavy (non-hydrogen) atoms. The lowest BCUT2D eigenvalue weighted by atomic mass is 9.93. The van der Waals surface area contributed by atoms with Crippen LogP contribution in [-0.2, 0) is 9.53 Å². The van der Waals surface area contributed by atoms with E-state index in [1.165, 1.54) is 0 Å². The van der Waals surface area contributed by atoms with Crippen LogP contribution in [0.5, 0.6) is 0 Å². The molecule has 1 rings (SSSR count). The molecule has 4 N–H and O–H groups in total. The quantitative estimate of drug-likeness (QED) is 0.758. The van der Waals surface area contributed by atoms with Crippen molar-refractivity contribution in [2.24, 2.45) is 5.73 Å². The van der Waals surface area contributed by atoms with Gasteiger partial charge in [-0.3, -0.25) is 4.79 Å². The van der Waals surface area contributed by atoms with Crippen LogP contribution < -0.4 is 11.1 Å². The van der Waals surface area contributed by atoms with Crippen molar-refractivity contribution in [3.8, 4) is 0 Å². The van der Waals surface area contributed by atoms with E-state index in [2.05, 4.69) is 5.32 Å². The number of nitrogens with one attached hydrogen (secondary N) is 1. The molecule has 2 amide bonds. The maximum absolute atomic E-state index is 11.7. The van der Waals surface area contributed by atoms with E-state index >= 15 is 0 Å². The third kappa shape index (κ3) is 5.83. The molecule has 1 aromatic carbocycles. The molecule has 0 aliphatic heterocycles. The average Bonchev–Trinajstić information content (AvgIpc) is 2.37. The Morgan fingerprint density at radius 2 is 1.86 bits per heavy atom. The molecular formula is C15H22N2O4. The minimum Gasteiger partial charge on any atom is -0.444 e. The summed E-state index contributed by atoms with van der Waals surface area (Å²) >= 11 is 0. The number of hydrogen-bond acceptors (Lipinski definition) is 4. The number of carbonyl (C=O) groups excluding carboxylic acids is 2. The van der Waals surface area contributed by atoms with Crippen molar-refractivity contribution in [2.75, 3.05) is 6.54 Å². The molecule has 1 unspecified atom stereocenters. The number of amides is 2. The summed E-state index contributed by atoms with van der Waals surface area (Å²) in [4.78, 5) is 22.9. The zero-order valence-corrected chi connectivity index (χ0v) is 12.5. The Hall–Kier alpha value is -2.08. The number of benzene rings is 1. The second-order valence-electron chi connectivity index (χ2n) is 5.75. The van der Waals surface area contributed by atoms with E-state index in [-0.39, 0.29) is 6.54 Å². The minimum absolute atomic E-state index is 0.0447. The predicted octanol–water partition coefficient (Wildman–Crippen LogP) is 1.14. The van der Waals surface area contributed by atoms with Crippen LogP contribution in [0.15, 0.2) is 30.3 Å². The van der Waals surface area contributed by atoms with E-state index in [9.17, 15) is 14.7 Å². The number of primary amides is 1. The van der Waals surface area contributed by atoms with Gasteiger partial charge in [-0.1, -0.05) is 30.3 Å². The van der Waals surface area contributed by atoms with Crippen molar-refractivity contribution in [1.82, 2.24) is 5.32 Å². The zero-order valence-electron chi connectivity index (χ0n) is 12.5. The number of ether oxygens (including phenoxy) is 1. The van der Waals surface area contributed by atoms with E-state index in [0.717, 1.165) is 0 Å². The number of carbonyl (C=O) groups is 2. The molecule has 0 saturated carbocycles. The lowest BCUT2D eigenvalue weighted by molar-refractivity contribution is -0.127. The number of aliphatic hydroxyl groups is 1. The zero-order chi connectivity index (χ0) is 16.0. The molecule has 0 heterocycles. The van der Waals surface area contributed by atoms with Crippen LogP contribution in [0.3, 0.4) is 0 Å². The lowest BCUT2D eigenvalue weighted by Gasteiger charge is -2.24. The summed E-state index contributed by atoms with van der Waals surface area (Å²) < 4.78 is 5.12. The molecule has 6 nitrogen and oxygen atoms in total. The summed E-state index contributed by atoms with van der Waals surface area (Å²) in [6, 6.07) is 8.90. The number of hydrogen-bond donors (Lipinski definition) is 3. The number of aliphatic hydroxyl groups excluding tert-OH is 1. The standard InChI is InChI=1S/C15H22N2O4/c1-15(2,3)21-14(20)17-9-11(12(18)13(16)19)10-7-5-4-6-8-10/h4-8,11-12,18H,9H2,1-3H3,(H2,16,19)(H,17,20)/t11?,12-/m0/s1. The van der Waals surface area contributed by atoms with Gasteiger partial charge in [0.25, 0.3) is 0 Å². The SMILES string of the molecule is CC(C)(C)OC(=O)NCC(c1ccccc1)[C@H](O)C(N)=O. The van der Waals surface area contributed by atoms with E-state index in [1.807, 2.05) is 6.07 Å². The Bertz CT molecular complexity index is 482. The van der Waals surface area contributed by atoms with Crippen molar-refractivity contribution < 1.29 is 19.4 Å². The lowest BCUT2D eigenvalue weighted by Crippen LogP contribution is -2.41. The van der Waals surface area contributed by atoms with E-state index in [1.54, 1.807) is 45.0 Å². The molecule has 0 bridgehead atoms. The van der Waals surface area contributed by atoms with Gasteiger partial charge in [0.05, 0.1) is 0 Å². The summed E-state index contributed by atoms with van der Waals surface area (Å²) in [5.41, 5.74) is 5.24. The summed E-state index contributed by atoms with van der Waals surface area (Å²) in [6.07, 6.45) is -2.00.